The lowest BCUT2D eigenvalue weighted by atomic mass is 10.1. The summed E-state index contributed by atoms with van der Waals surface area (Å²) in [7, 11) is -3.35. The Hall–Kier alpha value is -2.52. The summed E-state index contributed by atoms with van der Waals surface area (Å²) in [5, 5.41) is 11.8. The summed E-state index contributed by atoms with van der Waals surface area (Å²) >= 11 is 0. The van der Waals surface area contributed by atoms with Gasteiger partial charge in [0.15, 0.2) is 9.84 Å². The van der Waals surface area contributed by atoms with E-state index in [1.165, 1.54) is 6.07 Å². The van der Waals surface area contributed by atoms with Crippen LogP contribution in [0.5, 0.6) is 0 Å². The van der Waals surface area contributed by atoms with Crippen molar-refractivity contribution in [2.24, 2.45) is 0 Å². The summed E-state index contributed by atoms with van der Waals surface area (Å²) in [6.45, 7) is 0.489. The van der Waals surface area contributed by atoms with Gasteiger partial charge in [0.25, 0.3) is 0 Å². The molecule has 108 valence electrons. The van der Waals surface area contributed by atoms with Crippen LogP contribution in [-0.4, -0.2) is 14.7 Å². The number of para-hydroxylation sites is 1. The Balaban J connectivity index is 2.19. The SMILES string of the molecule is CS(=O)(=O)c1cccc(NCc2ccc(C#N)cc2)c1N. The van der Waals surface area contributed by atoms with E-state index in [0.29, 0.717) is 17.8 Å². The molecule has 0 aliphatic rings. The molecule has 0 aromatic heterocycles. The fourth-order valence-corrected chi connectivity index (χ4v) is 2.75. The van der Waals surface area contributed by atoms with Gasteiger partial charge in [-0.15, -0.1) is 0 Å². The first kappa shape index (κ1) is 14.9. The highest BCUT2D eigenvalue weighted by atomic mass is 32.2. The average molecular weight is 301 g/mol. The Bertz CT molecular complexity index is 791. The van der Waals surface area contributed by atoms with Crippen LogP contribution in [0.2, 0.25) is 0 Å². The van der Waals surface area contributed by atoms with Crippen LogP contribution in [0.15, 0.2) is 47.4 Å². The van der Waals surface area contributed by atoms with E-state index in [1.54, 1.807) is 24.3 Å². The van der Waals surface area contributed by atoms with Crippen LogP contribution >= 0.6 is 0 Å². The molecule has 0 saturated carbocycles. The van der Waals surface area contributed by atoms with Crippen LogP contribution in [0.1, 0.15) is 11.1 Å². The first-order chi connectivity index (χ1) is 9.91. The molecular weight excluding hydrogens is 286 g/mol. The highest BCUT2D eigenvalue weighted by Crippen LogP contribution is 2.26. The second kappa shape index (κ2) is 5.85. The van der Waals surface area contributed by atoms with E-state index in [4.69, 9.17) is 11.0 Å². The topological polar surface area (TPSA) is 96.0 Å². The van der Waals surface area contributed by atoms with Crippen molar-refractivity contribution in [3.8, 4) is 6.07 Å². The minimum atomic E-state index is -3.35. The van der Waals surface area contributed by atoms with Crippen molar-refractivity contribution in [1.82, 2.24) is 0 Å². The van der Waals surface area contributed by atoms with Gasteiger partial charge < -0.3 is 11.1 Å². The number of nitriles is 1. The molecule has 6 heteroatoms. The van der Waals surface area contributed by atoms with Crippen LogP contribution < -0.4 is 11.1 Å². The quantitative estimate of drug-likeness (QED) is 0.844. The van der Waals surface area contributed by atoms with Crippen molar-refractivity contribution in [1.29, 1.82) is 5.26 Å². The van der Waals surface area contributed by atoms with Gasteiger partial charge in [-0.25, -0.2) is 8.42 Å². The molecule has 0 fully saturated rings. The molecule has 2 aromatic carbocycles. The Labute approximate surface area is 123 Å². The van der Waals surface area contributed by atoms with Crippen molar-refractivity contribution in [3.05, 3.63) is 53.6 Å². The molecule has 0 saturated heterocycles. The molecule has 21 heavy (non-hydrogen) atoms. The number of nitrogens with two attached hydrogens (primary N) is 1. The van der Waals surface area contributed by atoms with Gasteiger partial charge in [0, 0.05) is 12.8 Å². The number of anilines is 2. The molecule has 0 atom stereocenters. The zero-order valence-electron chi connectivity index (χ0n) is 11.5. The third-order valence-corrected chi connectivity index (χ3v) is 4.19. The number of sulfone groups is 1. The number of hydrogen-bond acceptors (Lipinski definition) is 5. The molecule has 0 unspecified atom stereocenters. The third kappa shape index (κ3) is 3.52. The molecule has 0 heterocycles. The van der Waals surface area contributed by atoms with Gasteiger partial charge in [-0.05, 0) is 29.8 Å². The molecule has 0 bridgehead atoms. The van der Waals surface area contributed by atoms with Crippen molar-refractivity contribution in [3.63, 3.8) is 0 Å². The number of rotatable bonds is 4. The van der Waals surface area contributed by atoms with Gasteiger partial charge in [0.2, 0.25) is 0 Å². The smallest absolute Gasteiger partial charge is 0.177 e. The zero-order valence-corrected chi connectivity index (χ0v) is 12.3. The maximum atomic E-state index is 11.6. The molecule has 5 nitrogen and oxygen atoms in total. The largest absolute Gasteiger partial charge is 0.396 e. The van der Waals surface area contributed by atoms with Crippen molar-refractivity contribution in [2.45, 2.75) is 11.4 Å². The van der Waals surface area contributed by atoms with E-state index in [2.05, 4.69) is 11.4 Å². The predicted octanol–water partition coefficient (Wildman–Crippen LogP) is 2.16. The monoisotopic (exact) mass is 301 g/mol. The van der Waals surface area contributed by atoms with Gasteiger partial charge >= 0.3 is 0 Å². The van der Waals surface area contributed by atoms with Crippen molar-refractivity contribution < 1.29 is 8.42 Å². The number of nitrogens with zero attached hydrogens (tertiary/aromatic N) is 1. The predicted molar refractivity (Wildman–Crippen MR) is 82.4 cm³/mol. The van der Waals surface area contributed by atoms with Gasteiger partial charge in [-0.1, -0.05) is 18.2 Å². The molecule has 0 aliphatic heterocycles. The molecule has 0 amide bonds. The fraction of sp³-hybridized carbons (Fsp3) is 0.133. The third-order valence-electron chi connectivity index (χ3n) is 3.03. The summed E-state index contributed by atoms with van der Waals surface area (Å²) in [4.78, 5) is 0.118. The second-order valence-electron chi connectivity index (χ2n) is 4.65. The Morgan fingerprint density at radius 3 is 2.43 bits per heavy atom. The molecule has 0 spiro atoms. The van der Waals surface area contributed by atoms with Gasteiger partial charge in [0.1, 0.15) is 0 Å². The van der Waals surface area contributed by atoms with E-state index in [9.17, 15) is 8.42 Å². The molecule has 0 aliphatic carbocycles. The Morgan fingerprint density at radius 1 is 1.19 bits per heavy atom. The number of hydrogen-bond donors (Lipinski definition) is 2. The number of nitrogen functional groups attached to an aromatic ring is 1. The summed E-state index contributed by atoms with van der Waals surface area (Å²) in [6.07, 6.45) is 1.13. The maximum absolute atomic E-state index is 11.6. The van der Waals surface area contributed by atoms with E-state index < -0.39 is 9.84 Å². The second-order valence-corrected chi connectivity index (χ2v) is 6.64. The highest BCUT2D eigenvalue weighted by Gasteiger charge is 2.13. The highest BCUT2D eigenvalue weighted by molar-refractivity contribution is 7.90. The van der Waals surface area contributed by atoms with Crippen LogP contribution in [0.4, 0.5) is 11.4 Å². The first-order valence-electron chi connectivity index (χ1n) is 6.23. The minimum Gasteiger partial charge on any atom is -0.396 e. The van der Waals surface area contributed by atoms with E-state index in [1.807, 2.05) is 12.1 Å². The number of benzene rings is 2. The number of nitrogens with one attached hydrogen (secondary N) is 1. The van der Waals surface area contributed by atoms with Gasteiger partial charge in [-0.2, -0.15) is 5.26 Å². The van der Waals surface area contributed by atoms with Gasteiger partial charge in [-0.3, -0.25) is 0 Å². The van der Waals surface area contributed by atoms with E-state index in [0.717, 1.165) is 11.8 Å². The average Bonchev–Trinajstić information content (AvgIpc) is 2.45. The summed E-state index contributed by atoms with van der Waals surface area (Å²) in [5.41, 5.74) is 8.25. The van der Waals surface area contributed by atoms with Crippen molar-refractivity contribution >= 4 is 21.2 Å². The molecular formula is C15H15N3O2S. The molecule has 3 N–H and O–H groups in total. The van der Waals surface area contributed by atoms with Crippen LogP contribution in [0.25, 0.3) is 0 Å². The van der Waals surface area contributed by atoms with E-state index in [-0.39, 0.29) is 10.6 Å². The van der Waals surface area contributed by atoms with Crippen molar-refractivity contribution in [2.75, 3.05) is 17.3 Å². The van der Waals surface area contributed by atoms with Crippen LogP contribution in [0, 0.1) is 11.3 Å². The summed E-state index contributed by atoms with van der Waals surface area (Å²) in [6, 6.07) is 14.0. The standard InChI is InChI=1S/C15H15N3O2S/c1-21(19,20)14-4-2-3-13(15(14)17)18-10-12-7-5-11(9-16)6-8-12/h2-8,18H,10,17H2,1H3. The molecule has 0 radical (unpaired) electrons. The summed E-state index contributed by atoms with van der Waals surface area (Å²) < 4.78 is 23.2. The van der Waals surface area contributed by atoms with Crippen LogP contribution in [-0.2, 0) is 16.4 Å². The molecule has 2 aromatic rings. The molecule has 2 rings (SSSR count). The lowest BCUT2D eigenvalue weighted by Gasteiger charge is -2.12. The minimum absolute atomic E-state index is 0.118. The van der Waals surface area contributed by atoms with Gasteiger partial charge in [0.05, 0.1) is 27.9 Å². The lowest BCUT2D eigenvalue weighted by molar-refractivity contribution is 0.602. The fourth-order valence-electron chi connectivity index (χ4n) is 1.92. The zero-order chi connectivity index (χ0) is 15.5. The summed E-state index contributed by atoms with van der Waals surface area (Å²) in [5.74, 6) is 0. The first-order valence-corrected chi connectivity index (χ1v) is 8.12. The Morgan fingerprint density at radius 2 is 1.86 bits per heavy atom. The normalized spacial score (nSPS) is 10.9. The lowest BCUT2D eigenvalue weighted by Crippen LogP contribution is -2.07. The Kier molecular flexibility index (Phi) is 4.15. The maximum Gasteiger partial charge on any atom is 0.177 e. The van der Waals surface area contributed by atoms with E-state index >= 15 is 0 Å². The van der Waals surface area contributed by atoms with Crippen LogP contribution in [0.3, 0.4) is 0 Å².